The Bertz CT molecular complexity index is 195. The number of hydrogen-bond donors (Lipinski definition) is 1. The maximum atomic E-state index is 11.7. The van der Waals surface area contributed by atoms with E-state index in [0.29, 0.717) is 11.8 Å². The molecule has 1 amide bonds. The van der Waals surface area contributed by atoms with Gasteiger partial charge in [0.1, 0.15) is 0 Å². The molecule has 1 aliphatic rings. The highest BCUT2D eigenvalue weighted by Crippen LogP contribution is 2.26. The van der Waals surface area contributed by atoms with Crippen molar-refractivity contribution in [1.29, 1.82) is 0 Å². The Labute approximate surface area is 95.2 Å². The van der Waals surface area contributed by atoms with Crippen LogP contribution in [-0.4, -0.2) is 28.8 Å². The predicted octanol–water partition coefficient (Wildman–Crippen LogP) is 2.26. The lowest BCUT2D eigenvalue weighted by Crippen LogP contribution is -2.41. The van der Waals surface area contributed by atoms with Gasteiger partial charge in [0.05, 0.1) is 5.25 Å². The average Bonchev–Trinajstić information content (AvgIpc) is 2.69. The first-order valence-corrected chi connectivity index (χ1v) is 6.71. The summed E-state index contributed by atoms with van der Waals surface area (Å²) in [5.41, 5.74) is 0. The Morgan fingerprint density at radius 2 is 2.36 bits per heavy atom. The SMILES string of the molecule is CC(CCl)C(C)NC(=O)C1CCCS1. The number of rotatable bonds is 4. The maximum Gasteiger partial charge on any atom is 0.233 e. The topological polar surface area (TPSA) is 29.1 Å². The van der Waals surface area contributed by atoms with Crippen LogP contribution in [0.3, 0.4) is 0 Å². The number of carbonyl (C=O) groups is 1. The van der Waals surface area contributed by atoms with E-state index < -0.39 is 0 Å². The molecule has 14 heavy (non-hydrogen) atoms. The lowest BCUT2D eigenvalue weighted by molar-refractivity contribution is -0.121. The molecule has 1 aliphatic heterocycles. The van der Waals surface area contributed by atoms with Crippen molar-refractivity contribution in [1.82, 2.24) is 5.32 Å². The van der Waals surface area contributed by atoms with Crippen LogP contribution in [0.2, 0.25) is 0 Å². The minimum absolute atomic E-state index is 0.181. The second-order valence-corrected chi connectivity index (χ2v) is 5.55. The Balaban J connectivity index is 2.31. The molecule has 0 aromatic heterocycles. The fourth-order valence-corrected chi connectivity index (χ4v) is 2.82. The van der Waals surface area contributed by atoms with Crippen LogP contribution >= 0.6 is 23.4 Å². The molecule has 0 radical (unpaired) electrons. The molecule has 1 fully saturated rings. The zero-order valence-electron chi connectivity index (χ0n) is 8.75. The number of carbonyl (C=O) groups excluding carboxylic acids is 1. The van der Waals surface area contributed by atoms with E-state index >= 15 is 0 Å². The molecule has 1 heterocycles. The van der Waals surface area contributed by atoms with Gasteiger partial charge in [0, 0.05) is 11.9 Å². The number of nitrogens with one attached hydrogen (secondary N) is 1. The highest BCUT2D eigenvalue weighted by Gasteiger charge is 2.25. The zero-order valence-corrected chi connectivity index (χ0v) is 10.3. The van der Waals surface area contributed by atoms with Crippen molar-refractivity contribution in [3.8, 4) is 0 Å². The second kappa shape index (κ2) is 5.86. The average molecular weight is 236 g/mol. The molecule has 3 atom stereocenters. The minimum atomic E-state index is 0.181. The third-order valence-electron chi connectivity index (χ3n) is 2.69. The van der Waals surface area contributed by atoms with Crippen molar-refractivity contribution in [2.24, 2.45) is 5.92 Å². The summed E-state index contributed by atoms with van der Waals surface area (Å²) in [5.74, 6) is 2.25. The van der Waals surface area contributed by atoms with Gasteiger partial charge >= 0.3 is 0 Å². The summed E-state index contributed by atoms with van der Waals surface area (Å²) in [4.78, 5) is 11.7. The molecule has 0 aliphatic carbocycles. The number of hydrogen-bond acceptors (Lipinski definition) is 2. The molecule has 82 valence electrons. The molecule has 2 nitrogen and oxygen atoms in total. The molecule has 1 N–H and O–H groups in total. The molecule has 1 rings (SSSR count). The minimum Gasteiger partial charge on any atom is -0.352 e. The van der Waals surface area contributed by atoms with Gasteiger partial charge < -0.3 is 5.32 Å². The van der Waals surface area contributed by atoms with E-state index in [1.807, 2.05) is 6.92 Å². The monoisotopic (exact) mass is 235 g/mol. The van der Waals surface area contributed by atoms with Crippen LogP contribution in [0.4, 0.5) is 0 Å². The van der Waals surface area contributed by atoms with Crippen molar-refractivity contribution < 1.29 is 4.79 Å². The first-order chi connectivity index (χ1) is 6.65. The van der Waals surface area contributed by atoms with Crippen molar-refractivity contribution in [3.05, 3.63) is 0 Å². The molecule has 3 unspecified atom stereocenters. The maximum absolute atomic E-state index is 11.7. The molecule has 0 saturated carbocycles. The summed E-state index contributed by atoms with van der Waals surface area (Å²) >= 11 is 7.50. The standard InChI is InChI=1S/C10H18ClNOS/c1-7(6-11)8(2)12-10(13)9-4-3-5-14-9/h7-9H,3-6H2,1-2H3,(H,12,13). The van der Waals surface area contributed by atoms with Crippen LogP contribution in [0.15, 0.2) is 0 Å². The third kappa shape index (κ3) is 3.35. The normalized spacial score (nSPS) is 25.8. The predicted molar refractivity (Wildman–Crippen MR) is 63.0 cm³/mol. The van der Waals surface area contributed by atoms with E-state index in [1.54, 1.807) is 11.8 Å². The van der Waals surface area contributed by atoms with Gasteiger partial charge in [0.15, 0.2) is 0 Å². The van der Waals surface area contributed by atoms with Gasteiger partial charge in [-0.1, -0.05) is 6.92 Å². The van der Waals surface area contributed by atoms with Gasteiger partial charge in [-0.2, -0.15) is 0 Å². The van der Waals surface area contributed by atoms with E-state index in [-0.39, 0.29) is 17.2 Å². The fraction of sp³-hybridized carbons (Fsp3) is 0.900. The molecular weight excluding hydrogens is 218 g/mol. The smallest absolute Gasteiger partial charge is 0.233 e. The highest BCUT2D eigenvalue weighted by atomic mass is 35.5. The lowest BCUT2D eigenvalue weighted by atomic mass is 10.1. The van der Waals surface area contributed by atoms with Crippen LogP contribution in [0, 0.1) is 5.92 Å². The zero-order chi connectivity index (χ0) is 10.6. The Kier molecular flexibility index (Phi) is 5.10. The lowest BCUT2D eigenvalue weighted by Gasteiger charge is -2.20. The number of amides is 1. The van der Waals surface area contributed by atoms with E-state index in [2.05, 4.69) is 12.2 Å². The number of halogens is 1. The van der Waals surface area contributed by atoms with Crippen molar-refractivity contribution in [2.75, 3.05) is 11.6 Å². The third-order valence-corrected chi connectivity index (χ3v) is 4.55. The first-order valence-electron chi connectivity index (χ1n) is 5.13. The summed E-state index contributed by atoms with van der Waals surface area (Å²) in [6, 6.07) is 0.182. The highest BCUT2D eigenvalue weighted by molar-refractivity contribution is 8.00. The van der Waals surface area contributed by atoms with Crippen LogP contribution in [0.5, 0.6) is 0 Å². The number of alkyl halides is 1. The van der Waals surface area contributed by atoms with Gasteiger partial charge in [-0.3, -0.25) is 4.79 Å². The van der Waals surface area contributed by atoms with E-state index in [0.717, 1.165) is 12.2 Å². The quantitative estimate of drug-likeness (QED) is 0.758. The summed E-state index contributed by atoms with van der Waals surface area (Å²) in [6.45, 7) is 4.07. The Hall–Kier alpha value is 0.110. The molecule has 0 spiro atoms. The van der Waals surface area contributed by atoms with Crippen molar-refractivity contribution in [2.45, 2.75) is 38.0 Å². The number of thioether (sulfide) groups is 1. The first kappa shape index (κ1) is 12.2. The van der Waals surface area contributed by atoms with Crippen LogP contribution in [-0.2, 0) is 4.79 Å². The molecule has 0 bridgehead atoms. The molecule has 4 heteroatoms. The van der Waals surface area contributed by atoms with Crippen LogP contribution in [0.1, 0.15) is 26.7 Å². The van der Waals surface area contributed by atoms with Gasteiger partial charge in [0.2, 0.25) is 5.91 Å². The van der Waals surface area contributed by atoms with Gasteiger partial charge in [-0.05, 0) is 31.4 Å². The van der Waals surface area contributed by atoms with Crippen molar-refractivity contribution in [3.63, 3.8) is 0 Å². The fourth-order valence-electron chi connectivity index (χ4n) is 1.38. The van der Waals surface area contributed by atoms with Crippen molar-refractivity contribution >= 4 is 29.3 Å². The van der Waals surface area contributed by atoms with Gasteiger partial charge in [-0.25, -0.2) is 0 Å². The van der Waals surface area contributed by atoms with Gasteiger partial charge in [-0.15, -0.1) is 23.4 Å². The van der Waals surface area contributed by atoms with E-state index in [4.69, 9.17) is 11.6 Å². The molecule has 1 saturated heterocycles. The summed E-state index contributed by atoms with van der Waals surface area (Å²) in [7, 11) is 0. The molecule has 0 aromatic carbocycles. The molecule has 0 aromatic rings. The summed E-state index contributed by atoms with van der Waals surface area (Å²) in [5, 5.41) is 3.21. The van der Waals surface area contributed by atoms with E-state index in [9.17, 15) is 4.79 Å². The van der Waals surface area contributed by atoms with E-state index in [1.165, 1.54) is 6.42 Å². The largest absolute Gasteiger partial charge is 0.352 e. The summed E-state index contributed by atoms with van der Waals surface area (Å²) < 4.78 is 0. The Morgan fingerprint density at radius 3 is 2.86 bits per heavy atom. The van der Waals surface area contributed by atoms with Gasteiger partial charge in [0.25, 0.3) is 0 Å². The second-order valence-electron chi connectivity index (χ2n) is 3.93. The van der Waals surface area contributed by atoms with Crippen LogP contribution in [0.25, 0.3) is 0 Å². The molecular formula is C10H18ClNOS. The Morgan fingerprint density at radius 1 is 1.64 bits per heavy atom. The summed E-state index contributed by atoms with van der Waals surface area (Å²) in [6.07, 6.45) is 2.20. The van der Waals surface area contributed by atoms with Crippen LogP contribution < -0.4 is 5.32 Å².